The van der Waals surface area contributed by atoms with Crippen molar-refractivity contribution in [3.63, 3.8) is 0 Å². The lowest BCUT2D eigenvalue weighted by Crippen LogP contribution is -2.46. The summed E-state index contributed by atoms with van der Waals surface area (Å²) in [6.45, 7) is 10.5. The molecule has 0 aliphatic carbocycles. The summed E-state index contributed by atoms with van der Waals surface area (Å²) in [4.78, 5) is 9.84. The number of methoxy groups -OCH3 is 1. The first kappa shape index (κ1) is 26.4. The highest BCUT2D eigenvalue weighted by molar-refractivity contribution is 14.0. The molecule has 6 nitrogen and oxygen atoms in total. The summed E-state index contributed by atoms with van der Waals surface area (Å²) in [5, 5.41) is 6.72. The summed E-state index contributed by atoms with van der Waals surface area (Å²) in [5.41, 5.74) is 3.99. The van der Waals surface area contributed by atoms with Gasteiger partial charge in [-0.05, 0) is 36.6 Å². The predicted octanol–water partition coefficient (Wildman–Crippen LogP) is 3.72. The van der Waals surface area contributed by atoms with E-state index in [1.165, 1.54) is 16.8 Å². The summed E-state index contributed by atoms with van der Waals surface area (Å²) in [6, 6.07) is 19.4. The third kappa shape index (κ3) is 8.60. The number of hydrogen-bond acceptors (Lipinski definition) is 4. The minimum absolute atomic E-state index is 0. The number of benzene rings is 2. The molecular weight excluding hydrogens is 513 g/mol. The highest BCUT2D eigenvalue weighted by Crippen LogP contribution is 2.18. The van der Waals surface area contributed by atoms with Crippen LogP contribution in [0.3, 0.4) is 0 Å². The molecule has 0 bridgehead atoms. The highest BCUT2D eigenvalue weighted by Gasteiger charge is 2.18. The minimum atomic E-state index is 0. The number of halogens is 1. The van der Waals surface area contributed by atoms with Gasteiger partial charge in [0.05, 0.1) is 6.54 Å². The molecule has 7 heteroatoms. The first-order chi connectivity index (χ1) is 15.3. The van der Waals surface area contributed by atoms with Crippen LogP contribution in [-0.2, 0) is 17.8 Å². The number of ether oxygens (including phenoxy) is 1. The van der Waals surface area contributed by atoms with E-state index in [0.717, 1.165) is 64.8 Å². The van der Waals surface area contributed by atoms with Gasteiger partial charge in [-0.3, -0.25) is 4.90 Å². The van der Waals surface area contributed by atoms with Gasteiger partial charge in [0.15, 0.2) is 5.96 Å². The summed E-state index contributed by atoms with van der Waals surface area (Å²) in [7, 11) is 1.73. The monoisotopic (exact) mass is 551 g/mol. The number of hydrogen-bond donors (Lipinski definition) is 2. The fraction of sp³-hybridized carbons (Fsp3) is 0.480. The van der Waals surface area contributed by atoms with E-state index in [0.29, 0.717) is 6.54 Å². The Bertz CT molecular complexity index is 794. The van der Waals surface area contributed by atoms with Crippen molar-refractivity contribution >= 4 is 35.6 Å². The Labute approximate surface area is 210 Å². The summed E-state index contributed by atoms with van der Waals surface area (Å²) in [5.74, 6) is 0.866. The first-order valence-electron chi connectivity index (χ1n) is 11.4. The number of aliphatic imine (C=N–C) groups is 1. The van der Waals surface area contributed by atoms with Crippen LogP contribution in [0.25, 0.3) is 0 Å². The molecule has 0 amide bonds. The maximum Gasteiger partial charge on any atom is 0.191 e. The van der Waals surface area contributed by atoms with E-state index >= 15 is 0 Å². The Morgan fingerprint density at radius 1 is 0.938 bits per heavy atom. The van der Waals surface area contributed by atoms with Gasteiger partial charge in [0.2, 0.25) is 0 Å². The zero-order valence-corrected chi connectivity index (χ0v) is 21.8. The Morgan fingerprint density at radius 2 is 1.62 bits per heavy atom. The molecule has 0 saturated carbocycles. The van der Waals surface area contributed by atoms with Crippen LogP contribution in [-0.4, -0.2) is 63.8 Å². The van der Waals surface area contributed by atoms with Crippen molar-refractivity contribution in [2.24, 2.45) is 4.99 Å². The van der Waals surface area contributed by atoms with E-state index < -0.39 is 0 Å². The minimum Gasteiger partial charge on any atom is -0.385 e. The molecule has 0 aromatic heterocycles. The average Bonchev–Trinajstić information content (AvgIpc) is 2.82. The van der Waals surface area contributed by atoms with Gasteiger partial charge in [-0.15, -0.1) is 24.0 Å². The molecule has 32 heavy (non-hydrogen) atoms. The molecule has 0 unspecified atom stereocenters. The Balaban J connectivity index is 0.00000363. The van der Waals surface area contributed by atoms with Crippen molar-refractivity contribution in [1.29, 1.82) is 0 Å². The van der Waals surface area contributed by atoms with Gasteiger partial charge in [-0.1, -0.05) is 42.5 Å². The van der Waals surface area contributed by atoms with Crippen molar-refractivity contribution < 1.29 is 4.74 Å². The molecule has 2 N–H and O–H groups in total. The van der Waals surface area contributed by atoms with E-state index in [4.69, 9.17) is 9.73 Å². The van der Waals surface area contributed by atoms with E-state index in [-0.39, 0.29) is 24.0 Å². The van der Waals surface area contributed by atoms with Crippen LogP contribution >= 0.6 is 24.0 Å². The van der Waals surface area contributed by atoms with Crippen LogP contribution in [0, 0.1) is 0 Å². The number of para-hydroxylation sites is 1. The first-order valence-corrected chi connectivity index (χ1v) is 11.4. The van der Waals surface area contributed by atoms with Crippen LogP contribution in [0.4, 0.5) is 5.69 Å². The van der Waals surface area contributed by atoms with Crippen LogP contribution < -0.4 is 15.5 Å². The quantitative estimate of drug-likeness (QED) is 0.204. The van der Waals surface area contributed by atoms with Crippen LogP contribution in [0.15, 0.2) is 59.6 Å². The summed E-state index contributed by atoms with van der Waals surface area (Å²) >= 11 is 0. The van der Waals surface area contributed by atoms with E-state index in [2.05, 4.69) is 82.0 Å². The molecule has 2 aromatic carbocycles. The molecule has 1 saturated heterocycles. The van der Waals surface area contributed by atoms with Gasteiger partial charge in [0.25, 0.3) is 0 Å². The van der Waals surface area contributed by atoms with E-state index in [1.54, 1.807) is 7.11 Å². The standard InChI is InChI=1S/C25H37N5O.HI/c1-3-26-25(27-14-9-19-31-2)28-20-22-10-7-8-11-23(22)21-29-15-17-30(18-16-29)24-12-5-4-6-13-24;/h4-8,10-13H,3,9,14-21H2,1-2H3,(H2,26,27,28);1H. The molecule has 0 atom stereocenters. The zero-order valence-electron chi connectivity index (χ0n) is 19.4. The SMILES string of the molecule is CCNC(=NCc1ccccc1CN1CCN(c2ccccc2)CC1)NCCCOC.I. The molecule has 0 spiro atoms. The van der Waals surface area contributed by atoms with Crippen LogP contribution in [0.1, 0.15) is 24.5 Å². The lowest BCUT2D eigenvalue weighted by molar-refractivity contribution is 0.195. The largest absolute Gasteiger partial charge is 0.385 e. The van der Waals surface area contributed by atoms with Crippen molar-refractivity contribution in [3.05, 3.63) is 65.7 Å². The van der Waals surface area contributed by atoms with E-state index in [9.17, 15) is 0 Å². The lowest BCUT2D eigenvalue weighted by Gasteiger charge is -2.36. The van der Waals surface area contributed by atoms with E-state index in [1.807, 2.05) is 0 Å². The number of nitrogens with one attached hydrogen (secondary N) is 2. The molecule has 2 aromatic rings. The Morgan fingerprint density at radius 3 is 2.31 bits per heavy atom. The second-order valence-corrected chi connectivity index (χ2v) is 7.84. The molecule has 0 radical (unpaired) electrons. The topological polar surface area (TPSA) is 52.1 Å². The number of anilines is 1. The molecule has 1 fully saturated rings. The lowest BCUT2D eigenvalue weighted by atomic mass is 10.1. The molecule has 1 aliphatic rings. The maximum atomic E-state index is 5.12. The molecule has 3 rings (SSSR count). The fourth-order valence-electron chi connectivity index (χ4n) is 3.84. The summed E-state index contributed by atoms with van der Waals surface area (Å²) < 4.78 is 5.12. The van der Waals surface area contributed by atoms with Crippen molar-refractivity contribution in [2.75, 3.05) is 57.9 Å². The number of nitrogens with zero attached hydrogens (tertiary/aromatic N) is 3. The molecule has 1 aliphatic heterocycles. The molecule has 176 valence electrons. The van der Waals surface area contributed by atoms with Crippen molar-refractivity contribution in [2.45, 2.75) is 26.4 Å². The predicted molar refractivity (Wildman–Crippen MR) is 145 cm³/mol. The van der Waals surface area contributed by atoms with Gasteiger partial charge >= 0.3 is 0 Å². The van der Waals surface area contributed by atoms with Gasteiger partial charge in [0.1, 0.15) is 0 Å². The second kappa shape index (κ2) is 15.1. The Hall–Kier alpha value is -1.84. The van der Waals surface area contributed by atoms with Gasteiger partial charge in [0, 0.05) is 65.2 Å². The molecule has 1 heterocycles. The van der Waals surface area contributed by atoms with Crippen molar-refractivity contribution in [1.82, 2.24) is 15.5 Å². The third-order valence-corrected chi connectivity index (χ3v) is 5.58. The molecular formula is C25H38IN5O. The number of guanidine groups is 1. The average molecular weight is 552 g/mol. The van der Waals surface area contributed by atoms with Crippen LogP contribution in [0.5, 0.6) is 0 Å². The Kier molecular flexibility index (Phi) is 12.4. The van der Waals surface area contributed by atoms with Gasteiger partial charge in [-0.25, -0.2) is 4.99 Å². The third-order valence-electron chi connectivity index (χ3n) is 5.58. The number of rotatable bonds is 10. The number of piperazine rings is 1. The van der Waals surface area contributed by atoms with Crippen LogP contribution in [0.2, 0.25) is 0 Å². The smallest absolute Gasteiger partial charge is 0.191 e. The second-order valence-electron chi connectivity index (χ2n) is 7.84. The van der Waals surface area contributed by atoms with Gasteiger partial charge in [-0.2, -0.15) is 0 Å². The maximum absolute atomic E-state index is 5.12. The summed E-state index contributed by atoms with van der Waals surface area (Å²) in [6.07, 6.45) is 0.965. The van der Waals surface area contributed by atoms with Crippen molar-refractivity contribution in [3.8, 4) is 0 Å². The highest BCUT2D eigenvalue weighted by atomic mass is 127. The fourth-order valence-corrected chi connectivity index (χ4v) is 3.84. The van der Waals surface area contributed by atoms with Gasteiger partial charge < -0.3 is 20.3 Å². The normalized spacial score (nSPS) is 14.7. The zero-order chi connectivity index (χ0) is 21.7.